The SMILES string of the molecule is CC/C=C\C/C=C\C/C=C\C/C=C\C/C=C\CCCC(=O)NC(COP(=O)([O-])OCC[N+](C)(C)C)C(O)/C=C/CCCCCCCCCCCCCCCC. The summed E-state index contributed by atoms with van der Waals surface area (Å²) >= 11 is 0. The van der Waals surface area contributed by atoms with Crippen molar-refractivity contribution in [3.63, 3.8) is 0 Å². The number of amides is 1. The maximum absolute atomic E-state index is 12.8. The molecule has 55 heavy (non-hydrogen) atoms. The van der Waals surface area contributed by atoms with Crippen molar-refractivity contribution in [3.05, 3.63) is 72.9 Å². The van der Waals surface area contributed by atoms with Crippen molar-refractivity contribution in [1.29, 1.82) is 0 Å². The van der Waals surface area contributed by atoms with Crippen LogP contribution in [-0.2, 0) is 18.4 Å². The van der Waals surface area contributed by atoms with E-state index in [4.69, 9.17) is 9.05 Å². The average molecular weight is 791 g/mol. The molecule has 9 heteroatoms. The molecule has 0 bridgehead atoms. The number of rotatable bonds is 38. The number of aliphatic hydroxyl groups is 1. The first kappa shape index (κ1) is 52.9. The molecule has 1 amide bonds. The Balaban J connectivity index is 4.57. The largest absolute Gasteiger partial charge is 0.756 e. The van der Waals surface area contributed by atoms with E-state index in [-0.39, 0.29) is 18.9 Å². The molecule has 0 aliphatic heterocycles. The topological polar surface area (TPSA) is 108 Å². The van der Waals surface area contributed by atoms with Gasteiger partial charge in [0.15, 0.2) is 0 Å². The van der Waals surface area contributed by atoms with Gasteiger partial charge in [-0.3, -0.25) is 9.36 Å². The Morgan fingerprint density at radius 3 is 1.60 bits per heavy atom. The van der Waals surface area contributed by atoms with Gasteiger partial charge in [0.25, 0.3) is 7.82 Å². The van der Waals surface area contributed by atoms with Crippen molar-refractivity contribution >= 4 is 13.7 Å². The first-order valence-electron chi connectivity index (χ1n) is 21.8. The molecule has 0 spiro atoms. The minimum atomic E-state index is -4.60. The Kier molecular flexibility index (Phi) is 36.1. The third-order valence-corrected chi connectivity index (χ3v) is 10.1. The monoisotopic (exact) mass is 791 g/mol. The normalized spacial score (nSPS) is 15.1. The molecule has 0 aliphatic rings. The van der Waals surface area contributed by atoms with Crippen LogP contribution in [0.1, 0.15) is 162 Å². The highest BCUT2D eigenvalue weighted by Crippen LogP contribution is 2.38. The molecule has 3 atom stereocenters. The zero-order chi connectivity index (χ0) is 40.7. The number of aliphatic hydroxyl groups excluding tert-OH is 1. The van der Waals surface area contributed by atoms with Crippen molar-refractivity contribution in [1.82, 2.24) is 5.32 Å². The summed E-state index contributed by atoms with van der Waals surface area (Å²) in [4.78, 5) is 25.3. The minimum Gasteiger partial charge on any atom is -0.756 e. The van der Waals surface area contributed by atoms with Crippen LogP contribution in [-0.4, -0.2) is 68.5 Å². The van der Waals surface area contributed by atoms with Gasteiger partial charge in [-0.1, -0.05) is 170 Å². The molecule has 0 aromatic rings. The number of quaternary nitrogens is 1. The third kappa shape index (κ3) is 40.0. The summed E-state index contributed by atoms with van der Waals surface area (Å²) in [5.41, 5.74) is 0. The highest BCUT2D eigenvalue weighted by molar-refractivity contribution is 7.45. The van der Waals surface area contributed by atoms with Gasteiger partial charge in [-0.15, -0.1) is 0 Å². The van der Waals surface area contributed by atoms with E-state index in [9.17, 15) is 19.4 Å². The Hall–Kier alpha value is -2.06. The second-order valence-corrected chi connectivity index (χ2v) is 17.1. The highest BCUT2D eigenvalue weighted by Gasteiger charge is 2.23. The fourth-order valence-electron chi connectivity index (χ4n) is 5.72. The van der Waals surface area contributed by atoms with Crippen LogP contribution in [0, 0.1) is 0 Å². The molecule has 0 radical (unpaired) electrons. The summed E-state index contributed by atoms with van der Waals surface area (Å²) in [7, 11) is 1.21. The van der Waals surface area contributed by atoms with Gasteiger partial charge in [0.2, 0.25) is 5.91 Å². The number of carbonyl (C=O) groups excluding carboxylic acids is 1. The van der Waals surface area contributed by atoms with Gasteiger partial charge in [0, 0.05) is 6.42 Å². The molecule has 0 saturated carbocycles. The summed E-state index contributed by atoms with van der Waals surface area (Å²) in [5, 5.41) is 13.7. The number of phosphoric ester groups is 1. The van der Waals surface area contributed by atoms with Crippen LogP contribution in [0.15, 0.2) is 72.9 Å². The molecule has 0 aromatic carbocycles. The van der Waals surface area contributed by atoms with Crippen molar-refractivity contribution in [3.8, 4) is 0 Å². The molecule has 0 saturated heterocycles. The van der Waals surface area contributed by atoms with Gasteiger partial charge in [-0.25, -0.2) is 0 Å². The van der Waals surface area contributed by atoms with Crippen molar-refractivity contribution < 1.29 is 32.9 Å². The molecule has 0 aromatic heterocycles. The highest BCUT2D eigenvalue weighted by atomic mass is 31.2. The van der Waals surface area contributed by atoms with Gasteiger partial charge in [-0.2, -0.15) is 0 Å². The predicted octanol–water partition coefficient (Wildman–Crippen LogP) is 11.4. The van der Waals surface area contributed by atoms with Crippen molar-refractivity contribution in [2.45, 2.75) is 174 Å². The number of likely N-dealkylation sites (N-methyl/N-ethyl adjacent to an activating group) is 1. The lowest BCUT2D eigenvalue weighted by atomic mass is 10.0. The fraction of sp³-hybridized carbons (Fsp3) is 0.717. The molecule has 0 rings (SSSR count). The molecule has 0 heterocycles. The lowest BCUT2D eigenvalue weighted by Crippen LogP contribution is -2.45. The summed E-state index contributed by atoms with van der Waals surface area (Å²) in [6.07, 6.45) is 49.5. The average Bonchev–Trinajstić information content (AvgIpc) is 3.13. The predicted molar refractivity (Wildman–Crippen MR) is 233 cm³/mol. The van der Waals surface area contributed by atoms with Crippen LogP contribution in [0.4, 0.5) is 0 Å². The van der Waals surface area contributed by atoms with Crippen LogP contribution in [0.3, 0.4) is 0 Å². The van der Waals surface area contributed by atoms with E-state index in [1.54, 1.807) is 6.08 Å². The quantitative estimate of drug-likeness (QED) is 0.0279. The van der Waals surface area contributed by atoms with Gasteiger partial charge in [0.05, 0.1) is 39.9 Å². The fourth-order valence-corrected chi connectivity index (χ4v) is 6.44. The van der Waals surface area contributed by atoms with E-state index in [0.29, 0.717) is 17.4 Å². The third-order valence-electron chi connectivity index (χ3n) is 9.17. The number of carbonyl (C=O) groups is 1. The number of unbranched alkanes of at least 4 members (excludes halogenated alkanes) is 15. The maximum atomic E-state index is 12.8. The summed E-state index contributed by atoms with van der Waals surface area (Å²) in [5.74, 6) is -0.257. The second kappa shape index (κ2) is 37.5. The van der Waals surface area contributed by atoms with Gasteiger partial charge in [-0.05, 0) is 57.8 Å². The van der Waals surface area contributed by atoms with Crippen LogP contribution in [0.25, 0.3) is 0 Å². The summed E-state index contributed by atoms with van der Waals surface area (Å²) < 4.78 is 23.1. The van der Waals surface area contributed by atoms with Gasteiger partial charge in [0.1, 0.15) is 13.2 Å². The van der Waals surface area contributed by atoms with Crippen LogP contribution in [0.2, 0.25) is 0 Å². The Morgan fingerprint density at radius 2 is 1.11 bits per heavy atom. The van der Waals surface area contributed by atoms with E-state index in [1.165, 1.54) is 77.0 Å². The molecule has 8 nitrogen and oxygen atoms in total. The molecule has 0 aliphatic carbocycles. The van der Waals surface area contributed by atoms with Crippen molar-refractivity contribution in [2.24, 2.45) is 0 Å². The number of nitrogens with one attached hydrogen (secondary N) is 1. The number of hydrogen-bond acceptors (Lipinski definition) is 6. The van der Waals surface area contributed by atoms with E-state index >= 15 is 0 Å². The molecule has 2 N–H and O–H groups in total. The van der Waals surface area contributed by atoms with E-state index < -0.39 is 26.6 Å². The zero-order valence-electron chi connectivity index (χ0n) is 35.9. The van der Waals surface area contributed by atoms with Crippen LogP contribution < -0.4 is 10.2 Å². The molecule has 318 valence electrons. The number of allylic oxidation sites excluding steroid dienone is 11. The molecular weight excluding hydrogens is 707 g/mol. The second-order valence-electron chi connectivity index (χ2n) is 15.7. The lowest BCUT2D eigenvalue weighted by molar-refractivity contribution is -0.870. The lowest BCUT2D eigenvalue weighted by Gasteiger charge is -2.29. The van der Waals surface area contributed by atoms with Crippen LogP contribution in [0.5, 0.6) is 0 Å². The Labute approximate surface area is 338 Å². The van der Waals surface area contributed by atoms with E-state index in [1.807, 2.05) is 27.2 Å². The van der Waals surface area contributed by atoms with Gasteiger partial charge < -0.3 is 28.8 Å². The maximum Gasteiger partial charge on any atom is 0.268 e. The van der Waals surface area contributed by atoms with E-state index in [0.717, 1.165) is 57.8 Å². The van der Waals surface area contributed by atoms with E-state index in [2.05, 4.69) is 79.9 Å². The molecule has 0 fully saturated rings. The summed E-state index contributed by atoms with van der Waals surface area (Å²) in [6, 6.07) is -0.918. The number of hydrogen-bond donors (Lipinski definition) is 2. The van der Waals surface area contributed by atoms with Gasteiger partial charge >= 0.3 is 0 Å². The summed E-state index contributed by atoms with van der Waals surface area (Å²) in [6.45, 7) is 4.47. The van der Waals surface area contributed by atoms with Crippen LogP contribution >= 0.6 is 7.82 Å². The van der Waals surface area contributed by atoms with Crippen molar-refractivity contribution in [2.75, 3.05) is 40.9 Å². The number of nitrogens with zero attached hydrogens (tertiary/aromatic N) is 1. The zero-order valence-corrected chi connectivity index (χ0v) is 36.7. The minimum absolute atomic E-state index is 0.0151. The first-order chi connectivity index (χ1) is 26.5. The first-order valence-corrected chi connectivity index (χ1v) is 23.3. The Bertz CT molecular complexity index is 1120. The Morgan fingerprint density at radius 1 is 0.655 bits per heavy atom. The smallest absolute Gasteiger partial charge is 0.268 e. The molecular formula is C46H83N2O6P. The number of phosphoric acid groups is 1. The standard InChI is InChI=1S/C46H83N2O6P/c1-6-8-10-12-14-16-18-20-22-24-26-28-30-32-34-36-38-40-46(50)47-44(43-54-55(51,52)53-42-41-48(3,4)5)45(49)39-37-35-33-31-29-27-25-23-21-19-17-15-13-11-9-7-2/h8,10,14,16,20,22,26,28,32,34,37,39,44-45,49H,6-7,9,11-13,15,17-19,21,23-25,27,29-31,33,35-36,38,40-43H2,1-5H3,(H-,47,50,51,52)/b10-8-,16-14-,22-20-,28-26-,34-32-,39-37+. The molecule has 3 unspecified atom stereocenters.